The van der Waals surface area contributed by atoms with Crippen molar-refractivity contribution >= 4 is 28.4 Å². The number of carbonyl (C=O) groups excluding carboxylic acids is 1. The highest BCUT2D eigenvalue weighted by atomic mass is 35.5. The summed E-state index contributed by atoms with van der Waals surface area (Å²) in [6.07, 6.45) is 7.16. The molecular formula is C27H32ClFN4O3. The van der Waals surface area contributed by atoms with E-state index in [9.17, 15) is 10.0 Å². The van der Waals surface area contributed by atoms with Gasteiger partial charge in [-0.15, -0.1) is 0 Å². The van der Waals surface area contributed by atoms with Crippen LogP contribution in [0.4, 0.5) is 4.39 Å². The van der Waals surface area contributed by atoms with Gasteiger partial charge in [0.1, 0.15) is 11.9 Å². The first kappa shape index (κ1) is 26.3. The largest absolute Gasteiger partial charge is 0.497 e. The van der Waals surface area contributed by atoms with Crippen molar-refractivity contribution in [2.45, 2.75) is 44.7 Å². The van der Waals surface area contributed by atoms with E-state index in [1.807, 2.05) is 17.6 Å². The maximum atomic E-state index is 15.7. The van der Waals surface area contributed by atoms with Gasteiger partial charge >= 0.3 is 0 Å². The summed E-state index contributed by atoms with van der Waals surface area (Å²) in [5.41, 5.74) is 3.25. The average molecular weight is 515 g/mol. The molecule has 3 heterocycles. The minimum Gasteiger partial charge on any atom is -0.497 e. The van der Waals surface area contributed by atoms with Crippen LogP contribution < -0.4 is 10.2 Å². The van der Waals surface area contributed by atoms with Crippen molar-refractivity contribution in [2.24, 2.45) is 5.41 Å². The number of benzene rings is 1. The molecule has 4 rings (SSSR count). The van der Waals surface area contributed by atoms with E-state index < -0.39 is 17.5 Å². The summed E-state index contributed by atoms with van der Waals surface area (Å²) in [5, 5.41) is 10.3. The first-order chi connectivity index (χ1) is 17.5. The fourth-order valence-electron chi connectivity index (χ4n) is 5.13. The van der Waals surface area contributed by atoms with Crippen LogP contribution in [0.25, 0.3) is 10.9 Å². The summed E-state index contributed by atoms with van der Waals surface area (Å²) >= 11 is 6.38. The average Bonchev–Trinajstić information content (AvgIpc) is 2.92. The number of methoxy groups -OCH3 is 1. The lowest BCUT2D eigenvalue weighted by Gasteiger charge is -2.40. The number of hydrogen-bond donors (Lipinski definition) is 2. The number of aryl methyl sites for hydroxylation is 1. The number of likely N-dealkylation sites (tertiary alicyclic amines) is 1. The van der Waals surface area contributed by atoms with Gasteiger partial charge in [-0.05, 0) is 94.1 Å². The molecule has 192 valence electrons. The molecule has 1 aliphatic heterocycles. The number of piperidine rings is 1. The first-order valence-corrected chi connectivity index (χ1v) is 12.7. The number of pyridine rings is 2. The Morgan fingerprint density at radius 1 is 1.28 bits per heavy atom. The maximum absolute atomic E-state index is 15.7. The van der Waals surface area contributed by atoms with E-state index >= 15 is 4.39 Å². The molecule has 3 aromatic rings. The zero-order chi connectivity index (χ0) is 25.5. The van der Waals surface area contributed by atoms with Crippen molar-refractivity contribution in [3.8, 4) is 5.75 Å². The van der Waals surface area contributed by atoms with Gasteiger partial charge in [0.05, 0.1) is 23.1 Å². The molecule has 36 heavy (non-hydrogen) atoms. The van der Waals surface area contributed by atoms with Gasteiger partial charge in [-0.2, -0.15) is 0 Å². The van der Waals surface area contributed by atoms with Crippen molar-refractivity contribution < 1.29 is 19.1 Å². The quantitative estimate of drug-likeness (QED) is 0.282. The number of hydroxylamine groups is 1. The van der Waals surface area contributed by atoms with Crippen LogP contribution >= 0.6 is 11.6 Å². The smallest absolute Gasteiger partial charge is 0.249 e. The van der Waals surface area contributed by atoms with Gasteiger partial charge in [-0.1, -0.05) is 11.6 Å². The van der Waals surface area contributed by atoms with E-state index in [1.54, 1.807) is 37.7 Å². The molecule has 2 aromatic heterocycles. The van der Waals surface area contributed by atoms with Gasteiger partial charge < -0.3 is 9.64 Å². The van der Waals surface area contributed by atoms with Gasteiger partial charge in [0.25, 0.3) is 0 Å². The maximum Gasteiger partial charge on any atom is 0.249 e. The lowest BCUT2D eigenvalue weighted by molar-refractivity contribution is -0.143. The van der Waals surface area contributed by atoms with Crippen LogP contribution in [0.1, 0.15) is 49.4 Å². The number of halogens is 2. The van der Waals surface area contributed by atoms with Crippen LogP contribution in [0.3, 0.4) is 0 Å². The van der Waals surface area contributed by atoms with Crippen LogP contribution in [0.5, 0.6) is 5.75 Å². The molecule has 1 atom stereocenters. The monoisotopic (exact) mass is 514 g/mol. The molecule has 1 aliphatic rings. The summed E-state index contributed by atoms with van der Waals surface area (Å²) < 4.78 is 21.0. The van der Waals surface area contributed by atoms with E-state index in [0.29, 0.717) is 41.5 Å². The Hall–Kier alpha value is -2.81. The number of nitrogens with one attached hydrogen (secondary N) is 1. The van der Waals surface area contributed by atoms with Gasteiger partial charge in [0.15, 0.2) is 0 Å². The minimum atomic E-state index is -1.39. The molecule has 2 N–H and O–H groups in total. The Morgan fingerprint density at radius 3 is 2.72 bits per heavy atom. The lowest BCUT2D eigenvalue weighted by atomic mass is 9.73. The topological polar surface area (TPSA) is 87.6 Å². The first-order valence-electron chi connectivity index (χ1n) is 12.3. The lowest BCUT2D eigenvalue weighted by Crippen LogP contribution is -2.48. The third-order valence-electron chi connectivity index (χ3n) is 7.34. The fraction of sp³-hybridized carbons (Fsp3) is 0.444. The Morgan fingerprint density at radius 2 is 2.03 bits per heavy atom. The molecule has 1 fully saturated rings. The predicted octanol–water partition coefficient (Wildman–Crippen LogP) is 5.30. The SMILES string of the molecule is COc1ccc2ncc(Cl)c(C(F)CCC3(C(=O)NO)CCN(CCCc4ccncc4)CC3)c2c1. The number of ether oxygens (including phenoxy) is 1. The van der Waals surface area contributed by atoms with Gasteiger partial charge in [-0.25, -0.2) is 9.87 Å². The highest BCUT2D eigenvalue weighted by molar-refractivity contribution is 6.32. The summed E-state index contributed by atoms with van der Waals surface area (Å²) in [7, 11) is 1.55. The highest BCUT2D eigenvalue weighted by Crippen LogP contribution is 2.42. The number of alkyl halides is 1. The Kier molecular flexibility index (Phi) is 8.72. The van der Waals surface area contributed by atoms with E-state index in [4.69, 9.17) is 16.3 Å². The van der Waals surface area contributed by atoms with Gasteiger partial charge in [0, 0.05) is 29.5 Å². The fourth-order valence-corrected chi connectivity index (χ4v) is 5.40. The van der Waals surface area contributed by atoms with Crippen LogP contribution in [0, 0.1) is 5.41 Å². The molecule has 0 aliphatic carbocycles. The van der Waals surface area contributed by atoms with Crippen molar-refractivity contribution in [1.29, 1.82) is 0 Å². The zero-order valence-electron chi connectivity index (χ0n) is 20.4. The molecule has 1 saturated heterocycles. The van der Waals surface area contributed by atoms with Gasteiger partial charge in [-0.3, -0.25) is 20.0 Å². The van der Waals surface area contributed by atoms with Crippen LogP contribution in [0.15, 0.2) is 48.9 Å². The van der Waals surface area contributed by atoms with Crippen molar-refractivity contribution in [3.63, 3.8) is 0 Å². The second-order valence-electron chi connectivity index (χ2n) is 9.43. The number of amides is 1. The predicted molar refractivity (Wildman–Crippen MR) is 137 cm³/mol. The summed E-state index contributed by atoms with van der Waals surface area (Å²) in [4.78, 5) is 23.4. The standard InChI is InChI=1S/C27H32ClFN4O3/c1-36-20-4-5-24-21(17-20)25(22(28)18-31-24)23(29)6-9-27(26(34)32-35)10-15-33(16-11-27)14-2-3-19-7-12-30-13-8-19/h4-5,7-8,12-13,17-18,23,35H,2-3,6,9-11,14-16H2,1H3,(H,32,34). The second kappa shape index (κ2) is 12.0. The molecule has 0 spiro atoms. The zero-order valence-corrected chi connectivity index (χ0v) is 21.2. The Balaban J connectivity index is 1.40. The number of hydrogen-bond acceptors (Lipinski definition) is 6. The molecule has 0 saturated carbocycles. The molecular weight excluding hydrogens is 483 g/mol. The summed E-state index contributed by atoms with van der Waals surface area (Å²) in [6.45, 7) is 2.36. The molecule has 7 nitrogen and oxygen atoms in total. The molecule has 1 unspecified atom stereocenters. The minimum absolute atomic E-state index is 0.103. The number of nitrogens with zero attached hydrogens (tertiary/aromatic N) is 3. The van der Waals surface area contributed by atoms with Crippen molar-refractivity contribution in [2.75, 3.05) is 26.7 Å². The third-order valence-corrected chi connectivity index (χ3v) is 7.64. The number of aromatic nitrogens is 2. The van der Waals surface area contributed by atoms with E-state index in [1.165, 1.54) is 11.8 Å². The van der Waals surface area contributed by atoms with Crippen LogP contribution in [0.2, 0.25) is 5.02 Å². The van der Waals surface area contributed by atoms with Crippen LogP contribution in [-0.2, 0) is 11.2 Å². The Bertz CT molecular complexity index is 1170. The Labute approximate surface area is 215 Å². The number of carbonyl (C=O) groups is 1. The highest BCUT2D eigenvalue weighted by Gasteiger charge is 2.41. The number of rotatable bonds is 10. The van der Waals surface area contributed by atoms with E-state index in [0.717, 1.165) is 32.5 Å². The summed E-state index contributed by atoms with van der Waals surface area (Å²) in [6, 6.07) is 9.32. The van der Waals surface area contributed by atoms with Gasteiger partial charge in [0.2, 0.25) is 5.91 Å². The second-order valence-corrected chi connectivity index (χ2v) is 9.84. The van der Waals surface area contributed by atoms with Crippen LogP contribution in [-0.4, -0.2) is 52.7 Å². The molecule has 0 radical (unpaired) electrons. The molecule has 1 amide bonds. The molecule has 0 bridgehead atoms. The van der Waals surface area contributed by atoms with Crippen molar-refractivity contribution in [1.82, 2.24) is 20.3 Å². The number of fused-ring (bicyclic) bond motifs is 1. The molecule has 1 aromatic carbocycles. The van der Waals surface area contributed by atoms with Crippen molar-refractivity contribution in [3.05, 3.63) is 65.1 Å². The third kappa shape index (κ3) is 5.94. The van der Waals surface area contributed by atoms with E-state index in [2.05, 4.69) is 14.9 Å². The molecule has 9 heteroatoms. The summed E-state index contributed by atoms with van der Waals surface area (Å²) in [5.74, 6) is 0.144. The normalized spacial score (nSPS) is 16.6. The van der Waals surface area contributed by atoms with E-state index in [-0.39, 0.29) is 11.4 Å².